The van der Waals surface area contributed by atoms with Crippen molar-refractivity contribution in [1.82, 2.24) is 19.8 Å². The number of aryl methyl sites for hydroxylation is 1. The Morgan fingerprint density at radius 3 is 2.35 bits per heavy atom. The highest BCUT2D eigenvalue weighted by molar-refractivity contribution is 7.99. The summed E-state index contributed by atoms with van der Waals surface area (Å²) in [5, 5.41) is 16.7. The molecule has 0 bridgehead atoms. The molecule has 0 fully saturated rings. The lowest BCUT2D eigenvalue weighted by atomic mass is 10.0. The number of benzene rings is 3. The van der Waals surface area contributed by atoms with Gasteiger partial charge >= 0.3 is 0 Å². The summed E-state index contributed by atoms with van der Waals surface area (Å²) in [5.41, 5.74) is 7.82. The molecular weight excluding hydrogens is 442 g/mol. The molecule has 0 aliphatic heterocycles. The van der Waals surface area contributed by atoms with E-state index in [-0.39, 0.29) is 11.7 Å². The molecule has 2 heterocycles. The average molecular weight is 466 g/mol. The Hall–Kier alpha value is -3.97. The minimum atomic E-state index is -0.0943. The van der Waals surface area contributed by atoms with Gasteiger partial charge in [0.15, 0.2) is 5.65 Å². The van der Waals surface area contributed by atoms with Crippen LogP contribution in [0.4, 0.5) is 5.69 Å². The van der Waals surface area contributed by atoms with E-state index in [9.17, 15) is 4.79 Å². The molecule has 0 aliphatic rings. The van der Waals surface area contributed by atoms with Gasteiger partial charge in [-0.1, -0.05) is 78.5 Å². The fourth-order valence-corrected chi connectivity index (χ4v) is 4.37. The quantitative estimate of drug-likeness (QED) is 0.321. The van der Waals surface area contributed by atoms with Crippen molar-refractivity contribution in [2.75, 3.05) is 11.1 Å². The number of thioether (sulfide) groups is 1. The molecule has 7 heteroatoms. The maximum atomic E-state index is 12.5. The van der Waals surface area contributed by atoms with E-state index in [0.29, 0.717) is 10.8 Å². The lowest BCUT2D eigenvalue weighted by Crippen LogP contribution is -2.15. The zero-order valence-electron chi connectivity index (χ0n) is 18.9. The second-order valence-corrected chi connectivity index (χ2v) is 8.94. The molecule has 0 saturated heterocycles. The number of aromatic nitrogens is 4. The third-order valence-corrected chi connectivity index (χ3v) is 6.65. The van der Waals surface area contributed by atoms with Crippen LogP contribution in [0.2, 0.25) is 0 Å². The van der Waals surface area contributed by atoms with Gasteiger partial charge in [0.25, 0.3) is 0 Å². The van der Waals surface area contributed by atoms with E-state index in [1.165, 1.54) is 17.3 Å². The fraction of sp³-hybridized carbons (Fsp3) is 0.111. The maximum absolute atomic E-state index is 12.5. The van der Waals surface area contributed by atoms with E-state index in [2.05, 4.69) is 51.9 Å². The zero-order chi connectivity index (χ0) is 23.5. The van der Waals surface area contributed by atoms with Gasteiger partial charge in [0.05, 0.1) is 11.4 Å². The molecule has 0 aliphatic carbocycles. The molecule has 0 unspecified atom stereocenters. The van der Waals surface area contributed by atoms with Gasteiger partial charge in [-0.25, -0.2) is 0 Å². The van der Waals surface area contributed by atoms with E-state index in [0.717, 1.165) is 33.6 Å². The molecule has 6 nitrogen and oxygen atoms in total. The standard InChI is InChI=1S/C27H23N5OS/c1-18-7-6-10-23(19(18)2)28-26(33)17-34-27-30-29-25-16-15-24(31-32(25)27)22-13-11-21(12-14-22)20-8-4-3-5-9-20/h3-16H,17H2,1-2H3,(H,28,33). The fourth-order valence-electron chi connectivity index (χ4n) is 3.68. The smallest absolute Gasteiger partial charge is 0.234 e. The Kier molecular flexibility index (Phi) is 6.10. The second-order valence-electron chi connectivity index (χ2n) is 8.00. The van der Waals surface area contributed by atoms with Gasteiger partial charge in [-0.15, -0.1) is 10.2 Å². The van der Waals surface area contributed by atoms with Crippen molar-refractivity contribution in [3.8, 4) is 22.4 Å². The first-order chi connectivity index (χ1) is 16.6. The summed E-state index contributed by atoms with van der Waals surface area (Å²) in [4.78, 5) is 12.5. The highest BCUT2D eigenvalue weighted by Gasteiger charge is 2.13. The van der Waals surface area contributed by atoms with Crippen LogP contribution in [-0.2, 0) is 4.79 Å². The number of hydrogen-bond acceptors (Lipinski definition) is 5. The number of hydrogen-bond donors (Lipinski definition) is 1. The normalized spacial score (nSPS) is 11.0. The maximum Gasteiger partial charge on any atom is 0.234 e. The minimum absolute atomic E-state index is 0.0943. The van der Waals surface area contributed by atoms with E-state index >= 15 is 0 Å². The molecule has 0 radical (unpaired) electrons. The van der Waals surface area contributed by atoms with Crippen molar-refractivity contribution < 1.29 is 4.79 Å². The number of nitrogens with zero attached hydrogens (tertiary/aromatic N) is 4. The lowest BCUT2D eigenvalue weighted by molar-refractivity contribution is -0.113. The highest BCUT2D eigenvalue weighted by atomic mass is 32.2. The van der Waals surface area contributed by atoms with Gasteiger partial charge in [0, 0.05) is 11.3 Å². The van der Waals surface area contributed by atoms with Crippen LogP contribution in [0.25, 0.3) is 28.0 Å². The van der Waals surface area contributed by atoms with Crippen LogP contribution in [0.3, 0.4) is 0 Å². The van der Waals surface area contributed by atoms with E-state index in [1.807, 2.05) is 62.4 Å². The summed E-state index contributed by atoms with van der Waals surface area (Å²) in [6.07, 6.45) is 0. The van der Waals surface area contributed by atoms with Gasteiger partial charge in [0.2, 0.25) is 11.1 Å². The molecule has 2 aromatic heterocycles. The van der Waals surface area contributed by atoms with Gasteiger partial charge in [-0.3, -0.25) is 4.79 Å². The molecule has 1 N–H and O–H groups in total. The van der Waals surface area contributed by atoms with E-state index < -0.39 is 0 Å². The number of anilines is 1. The van der Waals surface area contributed by atoms with Gasteiger partial charge < -0.3 is 5.32 Å². The molecule has 5 rings (SSSR count). The summed E-state index contributed by atoms with van der Waals surface area (Å²) in [6, 6.07) is 28.3. The molecule has 168 valence electrons. The first-order valence-electron chi connectivity index (χ1n) is 11.0. The SMILES string of the molecule is Cc1cccc(NC(=O)CSc2nnc3ccc(-c4ccc(-c5ccccc5)cc4)nn23)c1C. The molecule has 0 saturated carbocycles. The molecule has 34 heavy (non-hydrogen) atoms. The molecule has 5 aromatic rings. The predicted molar refractivity (Wildman–Crippen MR) is 137 cm³/mol. The monoisotopic (exact) mass is 465 g/mol. The first-order valence-corrected chi connectivity index (χ1v) is 11.9. The van der Waals surface area contributed by atoms with Crippen molar-refractivity contribution >= 4 is 29.0 Å². The Morgan fingerprint density at radius 2 is 1.56 bits per heavy atom. The first kappa shape index (κ1) is 21.9. The summed E-state index contributed by atoms with van der Waals surface area (Å²) < 4.78 is 1.69. The van der Waals surface area contributed by atoms with Crippen molar-refractivity contribution in [1.29, 1.82) is 0 Å². The third-order valence-electron chi connectivity index (χ3n) is 5.73. The number of amides is 1. The summed E-state index contributed by atoms with van der Waals surface area (Å²) in [5.74, 6) is 0.120. The topological polar surface area (TPSA) is 72.2 Å². The molecule has 0 atom stereocenters. The van der Waals surface area contributed by atoms with Gasteiger partial charge in [-0.05, 0) is 54.3 Å². The van der Waals surface area contributed by atoms with Crippen LogP contribution >= 0.6 is 11.8 Å². The van der Waals surface area contributed by atoms with Crippen molar-refractivity contribution in [3.05, 3.63) is 96.1 Å². The van der Waals surface area contributed by atoms with Crippen LogP contribution in [0.1, 0.15) is 11.1 Å². The summed E-state index contributed by atoms with van der Waals surface area (Å²) >= 11 is 1.31. The van der Waals surface area contributed by atoms with Crippen LogP contribution < -0.4 is 5.32 Å². The summed E-state index contributed by atoms with van der Waals surface area (Å²) in [7, 11) is 0. The highest BCUT2D eigenvalue weighted by Crippen LogP contribution is 2.25. The van der Waals surface area contributed by atoms with Crippen LogP contribution in [-0.4, -0.2) is 31.5 Å². The Morgan fingerprint density at radius 1 is 0.824 bits per heavy atom. The zero-order valence-corrected chi connectivity index (χ0v) is 19.7. The Balaban J connectivity index is 1.32. The molecule has 0 spiro atoms. The lowest BCUT2D eigenvalue weighted by Gasteiger charge is -2.10. The predicted octanol–water partition coefficient (Wildman–Crippen LogP) is 5.81. The number of carbonyl (C=O) groups is 1. The minimum Gasteiger partial charge on any atom is -0.325 e. The van der Waals surface area contributed by atoms with E-state index in [1.54, 1.807) is 4.52 Å². The average Bonchev–Trinajstić information content (AvgIpc) is 3.28. The number of nitrogens with one attached hydrogen (secondary N) is 1. The van der Waals surface area contributed by atoms with Crippen LogP contribution in [0.5, 0.6) is 0 Å². The largest absolute Gasteiger partial charge is 0.325 e. The van der Waals surface area contributed by atoms with Crippen molar-refractivity contribution in [2.45, 2.75) is 19.0 Å². The molecular formula is C27H23N5OS. The number of fused-ring (bicyclic) bond motifs is 1. The second kappa shape index (κ2) is 9.49. The van der Waals surface area contributed by atoms with Crippen LogP contribution in [0, 0.1) is 13.8 Å². The summed E-state index contributed by atoms with van der Waals surface area (Å²) in [6.45, 7) is 4.03. The van der Waals surface area contributed by atoms with Gasteiger partial charge in [-0.2, -0.15) is 9.61 Å². The Labute approximate surface area is 202 Å². The molecule has 1 amide bonds. The van der Waals surface area contributed by atoms with Crippen molar-refractivity contribution in [3.63, 3.8) is 0 Å². The van der Waals surface area contributed by atoms with Crippen molar-refractivity contribution in [2.24, 2.45) is 0 Å². The van der Waals surface area contributed by atoms with Crippen LogP contribution in [0.15, 0.2) is 90.1 Å². The third kappa shape index (κ3) is 4.56. The van der Waals surface area contributed by atoms with Gasteiger partial charge in [0.1, 0.15) is 0 Å². The number of carbonyl (C=O) groups excluding carboxylic acids is 1. The Bertz CT molecular complexity index is 1460. The van der Waals surface area contributed by atoms with E-state index in [4.69, 9.17) is 5.10 Å². The molecule has 3 aromatic carbocycles. The number of rotatable bonds is 6.